The lowest BCUT2D eigenvalue weighted by Crippen LogP contribution is -2.41. The first kappa shape index (κ1) is 15.1. The van der Waals surface area contributed by atoms with Gasteiger partial charge in [0.25, 0.3) is 5.91 Å². The van der Waals surface area contributed by atoms with E-state index >= 15 is 0 Å². The van der Waals surface area contributed by atoms with Crippen LogP contribution in [-0.4, -0.2) is 39.6 Å². The van der Waals surface area contributed by atoms with Crippen LogP contribution < -0.4 is 5.84 Å². The first-order valence-corrected chi connectivity index (χ1v) is 8.36. The number of hydrogen-bond acceptors (Lipinski definition) is 5. The number of aromatic nitrogens is 2. The quantitative estimate of drug-likeness (QED) is 0.530. The van der Waals surface area contributed by atoms with Gasteiger partial charge in [0, 0.05) is 24.4 Å². The smallest absolute Gasteiger partial charge is 0.280 e. The summed E-state index contributed by atoms with van der Waals surface area (Å²) in [6.45, 7) is 0. The van der Waals surface area contributed by atoms with Gasteiger partial charge in [-0.3, -0.25) is 14.5 Å². The third-order valence-electron chi connectivity index (χ3n) is 4.89. The average molecular weight is 327 g/mol. The molecule has 1 fully saturated rings. The van der Waals surface area contributed by atoms with Crippen molar-refractivity contribution in [3.8, 4) is 0 Å². The highest BCUT2D eigenvalue weighted by atomic mass is 16.6. The molecule has 2 aliphatic rings. The summed E-state index contributed by atoms with van der Waals surface area (Å²) < 4.78 is 2.14. The molecule has 7 heteroatoms. The van der Waals surface area contributed by atoms with Crippen molar-refractivity contribution in [1.29, 1.82) is 0 Å². The fourth-order valence-electron chi connectivity index (χ4n) is 3.56. The molecule has 0 radical (unpaired) electrons. The van der Waals surface area contributed by atoms with Gasteiger partial charge in [0.05, 0.1) is 23.5 Å². The maximum atomic E-state index is 11.9. The number of rotatable bonds is 3. The van der Waals surface area contributed by atoms with Crippen molar-refractivity contribution in [3.63, 3.8) is 0 Å². The lowest BCUT2D eigenvalue weighted by molar-refractivity contribution is -0.140. The van der Waals surface area contributed by atoms with Crippen LogP contribution in [0.5, 0.6) is 0 Å². The molecular formula is C17H21N5O2. The Kier molecular flexibility index (Phi) is 3.72. The van der Waals surface area contributed by atoms with Gasteiger partial charge in [0.2, 0.25) is 6.10 Å². The van der Waals surface area contributed by atoms with E-state index < -0.39 is 6.10 Å². The maximum absolute atomic E-state index is 11.9. The number of carbonyl (C=O) groups is 1. The molecule has 0 bridgehead atoms. The number of hydrogen-bond donors (Lipinski definition) is 1. The zero-order valence-corrected chi connectivity index (χ0v) is 13.7. The number of oxime groups is 1. The number of likely N-dealkylation sites (N-methyl/N-ethyl adjacent to an activating group) is 1. The minimum absolute atomic E-state index is 0.272. The topological polar surface area (TPSA) is 85.7 Å². The number of amides is 1. The van der Waals surface area contributed by atoms with Crippen molar-refractivity contribution in [2.45, 2.75) is 44.2 Å². The van der Waals surface area contributed by atoms with E-state index in [4.69, 9.17) is 10.7 Å². The molecule has 1 aromatic heterocycles. The molecule has 7 nitrogen and oxygen atoms in total. The summed E-state index contributed by atoms with van der Waals surface area (Å²) >= 11 is 0. The Morgan fingerprint density at radius 3 is 2.92 bits per heavy atom. The van der Waals surface area contributed by atoms with E-state index in [9.17, 15) is 4.79 Å². The normalized spacial score (nSPS) is 21.1. The highest BCUT2D eigenvalue weighted by Gasteiger charge is 2.30. The van der Waals surface area contributed by atoms with E-state index in [2.05, 4.69) is 27.1 Å². The predicted molar refractivity (Wildman–Crippen MR) is 90.2 cm³/mol. The highest BCUT2D eigenvalue weighted by molar-refractivity contribution is 6.05. The molecule has 0 saturated heterocycles. The van der Waals surface area contributed by atoms with Crippen LogP contribution in [0.15, 0.2) is 29.6 Å². The fourth-order valence-corrected chi connectivity index (χ4v) is 3.56. The molecule has 1 unspecified atom stereocenters. The Bertz CT molecular complexity index is 804. The molecule has 126 valence electrons. The Labute approximate surface area is 140 Å². The molecule has 1 aliphatic carbocycles. The van der Waals surface area contributed by atoms with Crippen LogP contribution in [0.2, 0.25) is 0 Å². The van der Waals surface area contributed by atoms with Gasteiger partial charge in [-0.05, 0) is 18.9 Å². The molecule has 1 atom stereocenters. The molecule has 1 aromatic carbocycles. The Balaban J connectivity index is 1.61. The summed E-state index contributed by atoms with van der Waals surface area (Å²) in [5, 5.41) is 10.8. The first-order chi connectivity index (χ1) is 11.6. The number of fused-ring (bicyclic) bond motifs is 1. The Morgan fingerprint density at radius 1 is 1.38 bits per heavy atom. The van der Waals surface area contributed by atoms with Crippen LogP contribution in [0.3, 0.4) is 0 Å². The van der Waals surface area contributed by atoms with Gasteiger partial charge in [0.1, 0.15) is 0 Å². The van der Waals surface area contributed by atoms with Crippen LogP contribution in [0.25, 0.3) is 10.9 Å². The van der Waals surface area contributed by atoms with Gasteiger partial charge in [-0.15, -0.1) is 0 Å². The summed E-state index contributed by atoms with van der Waals surface area (Å²) in [5.41, 5.74) is 2.86. The molecule has 2 aromatic rings. The predicted octanol–water partition coefficient (Wildman–Crippen LogP) is 1.98. The van der Waals surface area contributed by atoms with Gasteiger partial charge in [0.15, 0.2) is 0 Å². The van der Waals surface area contributed by atoms with Crippen LogP contribution >= 0.6 is 0 Å². The molecule has 2 N–H and O–H groups in total. The van der Waals surface area contributed by atoms with Crippen molar-refractivity contribution in [2.75, 3.05) is 7.05 Å². The monoisotopic (exact) mass is 327 g/mol. The minimum atomic E-state index is -0.634. The molecule has 4 rings (SSSR count). The number of hydrazine groups is 1. The maximum Gasteiger partial charge on any atom is 0.280 e. The van der Waals surface area contributed by atoms with E-state index in [1.165, 1.54) is 32.7 Å². The Morgan fingerprint density at radius 2 is 2.17 bits per heavy atom. The van der Waals surface area contributed by atoms with E-state index in [-0.39, 0.29) is 5.91 Å². The molecule has 24 heavy (non-hydrogen) atoms. The molecule has 0 spiro atoms. The van der Waals surface area contributed by atoms with E-state index in [0.29, 0.717) is 12.5 Å². The van der Waals surface area contributed by atoms with E-state index in [1.54, 1.807) is 0 Å². The van der Waals surface area contributed by atoms with E-state index in [1.807, 2.05) is 12.3 Å². The summed E-state index contributed by atoms with van der Waals surface area (Å²) in [5.74, 6) is 5.22. The average Bonchev–Trinajstić information content (AvgIpc) is 3.32. The molecule has 2 heterocycles. The third kappa shape index (κ3) is 2.54. The van der Waals surface area contributed by atoms with E-state index in [0.717, 1.165) is 27.2 Å². The van der Waals surface area contributed by atoms with Crippen molar-refractivity contribution >= 4 is 22.5 Å². The molecule has 1 saturated carbocycles. The second-order valence-corrected chi connectivity index (χ2v) is 6.59. The SMILES string of the molecule is CN(N)C(=O)C1CC(c2ccc3cnn(C4CCCC4)c3c2)=NO1. The second-order valence-electron chi connectivity index (χ2n) is 6.59. The standard InChI is InChI=1S/C17H21N5O2/c1-21(18)17(23)16-9-14(20-24-16)11-6-7-12-10-19-22(15(12)8-11)13-4-2-3-5-13/h6-8,10,13,16H,2-5,9,18H2,1H3. The van der Waals surface area contributed by atoms with Crippen LogP contribution in [0, 0.1) is 0 Å². The minimum Gasteiger partial charge on any atom is -0.382 e. The summed E-state index contributed by atoms with van der Waals surface area (Å²) in [6, 6.07) is 6.64. The van der Waals surface area contributed by atoms with Gasteiger partial charge in [-0.1, -0.05) is 30.1 Å². The first-order valence-electron chi connectivity index (χ1n) is 8.36. The number of benzene rings is 1. The van der Waals surface area contributed by atoms with Crippen LogP contribution in [0.1, 0.15) is 43.7 Å². The van der Waals surface area contributed by atoms with Crippen LogP contribution in [-0.2, 0) is 9.63 Å². The van der Waals surface area contributed by atoms with Crippen molar-refractivity contribution in [3.05, 3.63) is 30.0 Å². The molecular weight excluding hydrogens is 306 g/mol. The third-order valence-corrected chi connectivity index (χ3v) is 4.89. The number of carbonyl (C=O) groups excluding carboxylic acids is 1. The van der Waals surface area contributed by atoms with Crippen LogP contribution in [0.4, 0.5) is 0 Å². The van der Waals surface area contributed by atoms with Gasteiger partial charge in [-0.25, -0.2) is 5.84 Å². The summed E-state index contributed by atoms with van der Waals surface area (Å²) in [4.78, 5) is 17.2. The second kappa shape index (κ2) is 5.90. The molecule has 1 aliphatic heterocycles. The summed E-state index contributed by atoms with van der Waals surface area (Å²) in [6.07, 6.45) is 6.62. The van der Waals surface area contributed by atoms with Crippen molar-refractivity contribution in [1.82, 2.24) is 14.8 Å². The highest BCUT2D eigenvalue weighted by Crippen LogP contribution is 2.32. The lowest BCUT2D eigenvalue weighted by atomic mass is 10.0. The van der Waals surface area contributed by atoms with Gasteiger partial charge >= 0.3 is 0 Å². The lowest BCUT2D eigenvalue weighted by Gasteiger charge is -2.13. The largest absolute Gasteiger partial charge is 0.382 e. The van der Waals surface area contributed by atoms with Gasteiger partial charge in [-0.2, -0.15) is 5.10 Å². The zero-order chi connectivity index (χ0) is 16.7. The summed E-state index contributed by atoms with van der Waals surface area (Å²) in [7, 11) is 1.51. The Hall–Kier alpha value is -2.41. The fraction of sp³-hybridized carbons (Fsp3) is 0.471. The zero-order valence-electron chi connectivity index (χ0n) is 13.7. The van der Waals surface area contributed by atoms with Crippen molar-refractivity contribution < 1.29 is 9.63 Å². The van der Waals surface area contributed by atoms with Crippen molar-refractivity contribution in [2.24, 2.45) is 11.0 Å². The number of nitrogens with two attached hydrogens (primary N) is 1. The van der Waals surface area contributed by atoms with Gasteiger partial charge < -0.3 is 4.84 Å². The number of nitrogens with zero attached hydrogens (tertiary/aromatic N) is 4. The molecule has 1 amide bonds.